The smallest absolute Gasteiger partial charge is 0.122 e. The quantitative estimate of drug-likeness (QED) is 0.819. The predicted molar refractivity (Wildman–Crippen MR) is 88.3 cm³/mol. The number of hydrogen-bond donors (Lipinski definition) is 1. The van der Waals surface area contributed by atoms with Gasteiger partial charge in [-0.05, 0) is 46.7 Å². The summed E-state index contributed by atoms with van der Waals surface area (Å²) < 4.78 is 5.74. The zero-order chi connectivity index (χ0) is 15.3. The molecule has 0 atom stereocenters. The molecule has 0 spiro atoms. The number of furan rings is 1. The maximum atomic E-state index is 5.74. The van der Waals surface area contributed by atoms with Crippen LogP contribution in [-0.4, -0.2) is 23.5 Å². The van der Waals surface area contributed by atoms with Crippen molar-refractivity contribution in [1.29, 1.82) is 0 Å². The number of hydrogen-bond acceptors (Lipinski definition) is 3. The van der Waals surface area contributed by atoms with Gasteiger partial charge in [0.15, 0.2) is 0 Å². The van der Waals surface area contributed by atoms with Crippen molar-refractivity contribution in [1.82, 2.24) is 10.2 Å². The summed E-state index contributed by atoms with van der Waals surface area (Å²) in [4.78, 5) is 2.49. The summed E-state index contributed by atoms with van der Waals surface area (Å²) in [6.45, 7) is 8.41. The average Bonchev–Trinajstić information content (AvgIpc) is 2.68. The highest BCUT2D eigenvalue weighted by Gasteiger charge is 2.19. The van der Waals surface area contributed by atoms with Crippen LogP contribution in [0.15, 0.2) is 16.7 Å². The highest BCUT2D eigenvalue weighted by molar-refractivity contribution is 5.17. The fraction of sp³-hybridized carbons (Fsp3) is 0.778. The van der Waals surface area contributed by atoms with Crippen LogP contribution >= 0.6 is 0 Å². The highest BCUT2D eigenvalue weighted by Crippen LogP contribution is 2.23. The Hall–Kier alpha value is -0.800. The molecule has 120 valence electrons. The molecule has 1 saturated carbocycles. The van der Waals surface area contributed by atoms with Gasteiger partial charge in [-0.3, -0.25) is 4.90 Å². The second kappa shape index (κ2) is 7.46. The Morgan fingerprint density at radius 3 is 2.48 bits per heavy atom. The molecule has 0 aromatic carbocycles. The van der Waals surface area contributed by atoms with Crippen LogP contribution in [0.2, 0.25) is 0 Å². The second-order valence-corrected chi connectivity index (χ2v) is 7.53. The monoisotopic (exact) mass is 292 g/mol. The minimum atomic E-state index is 0.141. The molecule has 0 bridgehead atoms. The molecule has 1 aliphatic rings. The molecule has 1 fully saturated rings. The van der Waals surface area contributed by atoms with E-state index < -0.39 is 0 Å². The van der Waals surface area contributed by atoms with Gasteiger partial charge < -0.3 is 9.73 Å². The molecule has 1 heterocycles. The molecular weight excluding hydrogens is 260 g/mol. The first-order valence-corrected chi connectivity index (χ1v) is 8.46. The van der Waals surface area contributed by atoms with Crippen molar-refractivity contribution in [3.05, 3.63) is 23.7 Å². The number of rotatable bonds is 5. The SMILES string of the molecule is CN(Cc1occc1CNC(C)(C)C)C1CCCCCC1. The molecule has 0 aliphatic heterocycles. The minimum absolute atomic E-state index is 0.141. The van der Waals surface area contributed by atoms with Crippen molar-refractivity contribution in [3.63, 3.8) is 0 Å². The van der Waals surface area contributed by atoms with Gasteiger partial charge in [-0.15, -0.1) is 0 Å². The molecule has 1 N–H and O–H groups in total. The van der Waals surface area contributed by atoms with Gasteiger partial charge in [-0.2, -0.15) is 0 Å². The topological polar surface area (TPSA) is 28.4 Å². The zero-order valence-corrected chi connectivity index (χ0v) is 14.2. The Morgan fingerprint density at radius 1 is 1.19 bits per heavy atom. The van der Waals surface area contributed by atoms with E-state index in [2.05, 4.69) is 44.1 Å². The normalized spacial score (nSPS) is 18.1. The number of nitrogens with zero attached hydrogens (tertiary/aromatic N) is 1. The minimum Gasteiger partial charge on any atom is -0.468 e. The molecule has 3 heteroatoms. The lowest BCUT2D eigenvalue weighted by molar-refractivity contribution is 0.197. The Bertz CT molecular complexity index is 411. The van der Waals surface area contributed by atoms with E-state index in [9.17, 15) is 0 Å². The molecular formula is C18H32N2O. The van der Waals surface area contributed by atoms with Crippen LogP contribution in [0.5, 0.6) is 0 Å². The van der Waals surface area contributed by atoms with Crippen molar-refractivity contribution in [2.45, 2.75) is 84.0 Å². The summed E-state index contributed by atoms with van der Waals surface area (Å²) in [6, 6.07) is 2.83. The lowest BCUT2D eigenvalue weighted by Gasteiger charge is -2.27. The molecule has 21 heavy (non-hydrogen) atoms. The van der Waals surface area contributed by atoms with Crippen LogP contribution in [0.3, 0.4) is 0 Å². The molecule has 1 aromatic heterocycles. The first kappa shape index (κ1) is 16.6. The molecule has 3 nitrogen and oxygen atoms in total. The molecule has 0 unspecified atom stereocenters. The summed E-state index contributed by atoms with van der Waals surface area (Å²) in [6.07, 6.45) is 10.1. The van der Waals surface area contributed by atoms with Gasteiger partial charge in [0, 0.05) is 23.7 Å². The van der Waals surface area contributed by atoms with Crippen LogP contribution in [0.1, 0.15) is 70.6 Å². The fourth-order valence-corrected chi connectivity index (χ4v) is 3.08. The molecule has 1 aromatic rings. The lowest BCUT2D eigenvalue weighted by atomic mass is 10.1. The van der Waals surface area contributed by atoms with Crippen LogP contribution in [0, 0.1) is 0 Å². The average molecular weight is 292 g/mol. The van der Waals surface area contributed by atoms with E-state index in [1.807, 2.05) is 6.26 Å². The van der Waals surface area contributed by atoms with Crippen molar-refractivity contribution in [3.8, 4) is 0 Å². The van der Waals surface area contributed by atoms with Gasteiger partial charge in [0.1, 0.15) is 5.76 Å². The van der Waals surface area contributed by atoms with Gasteiger partial charge in [0.2, 0.25) is 0 Å². The lowest BCUT2D eigenvalue weighted by Crippen LogP contribution is -2.35. The largest absolute Gasteiger partial charge is 0.468 e. The molecule has 1 aliphatic carbocycles. The fourth-order valence-electron chi connectivity index (χ4n) is 3.08. The Balaban J connectivity index is 1.91. The van der Waals surface area contributed by atoms with E-state index in [1.165, 1.54) is 44.1 Å². The van der Waals surface area contributed by atoms with E-state index in [4.69, 9.17) is 4.42 Å². The third kappa shape index (κ3) is 5.48. The summed E-state index contributed by atoms with van der Waals surface area (Å²) in [7, 11) is 2.25. The third-order valence-corrected chi connectivity index (χ3v) is 4.49. The van der Waals surface area contributed by atoms with Crippen LogP contribution < -0.4 is 5.32 Å². The van der Waals surface area contributed by atoms with E-state index in [0.29, 0.717) is 0 Å². The van der Waals surface area contributed by atoms with Gasteiger partial charge in [0.25, 0.3) is 0 Å². The standard InChI is InChI=1S/C18H32N2O/c1-18(2,3)19-13-15-11-12-21-17(15)14-20(4)16-9-7-5-6-8-10-16/h11-12,16,19H,5-10,13-14H2,1-4H3. The van der Waals surface area contributed by atoms with E-state index >= 15 is 0 Å². The van der Waals surface area contributed by atoms with Gasteiger partial charge >= 0.3 is 0 Å². The van der Waals surface area contributed by atoms with Crippen LogP contribution in [0.25, 0.3) is 0 Å². The van der Waals surface area contributed by atoms with Crippen molar-refractivity contribution < 1.29 is 4.42 Å². The van der Waals surface area contributed by atoms with Crippen molar-refractivity contribution in [2.24, 2.45) is 0 Å². The second-order valence-electron chi connectivity index (χ2n) is 7.53. The first-order valence-electron chi connectivity index (χ1n) is 8.46. The van der Waals surface area contributed by atoms with Gasteiger partial charge in [0.05, 0.1) is 12.8 Å². The zero-order valence-electron chi connectivity index (χ0n) is 14.2. The maximum absolute atomic E-state index is 5.74. The number of nitrogens with one attached hydrogen (secondary N) is 1. The van der Waals surface area contributed by atoms with Crippen molar-refractivity contribution in [2.75, 3.05) is 7.05 Å². The Morgan fingerprint density at radius 2 is 1.86 bits per heavy atom. The first-order chi connectivity index (χ1) is 9.96. The maximum Gasteiger partial charge on any atom is 0.122 e. The molecule has 2 rings (SSSR count). The molecule has 0 radical (unpaired) electrons. The van der Waals surface area contributed by atoms with Gasteiger partial charge in [-0.25, -0.2) is 0 Å². The highest BCUT2D eigenvalue weighted by atomic mass is 16.3. The summed E-state index contributed by atoms with van der Waals surface area (Å²) in [5.41, 5.74) is 1.44. The van der Waals surface area contributed by atoms with Gasteiger partial charge in [-0.1, -0.05) is 25.7 Å². The Kier molecular flexibility index (Phi) is 5.88. The van der Waals surface area contributed by atoms with E-state index in [-0.39, 0.29) is 5.54 Å². The summed E-state index contributed by atoms with van der Waals surface area (Å²) in [5, 5.41) is 3.55. The summed E-state index contributed by atoms with van der Waals surface area (Å²) >= 11 is 0. The Labute approximate surface area is 130 Å². The van der Waals surface area contributed by atoms with Crippen LogP contribution in [-0.2, 0) is 13.1 Å². The third-order valence-electron chi connectivity index (χ3n) is 4.49. The molecule has 0 saturated heterocycles. The predicted octanol–water partition coefficient (Wildman–Crippen LogP) is 4.32. The van der Waals surface area contributed by atoms with E-state index in [1.54, 1.807) is 0 Å². The molecule has 0 amide bonds. The van der Waals surface area contributed by atoms with Crippen LogP contribution in [0.4, 0.5) is 0 Å². The van der Waals surface area contributed by atoms with E-state index in [0.717, 1.165) is 24.9 Å². The summed E-state index contributed by atoms with van der Waals surface area (Å²) in [5.74, 6) is 1.12. The van der Waals surface area contributed by atoms with Crippen molar-refractivity contribution >= 4 is 0 Å².